The van der Waals surface area contributed by atoms with Crippen LogP contribution in [0.1, 0.15) is 80.1 Å². The Morgan fingerprint density at radius 1 is 1.27 bits per heavy atom. The van der Waals surface area contributed by atoms with Gasteiger partial charge >= 0.3 is 11.9 Å². The minimum Gasteiger partial charge on any atom is -0.459 e. The lowest BCUT2D eigenvalue weighted by molar-refractivity contribution is -0.197. The molecule has 2 saturated heterocycles. The largest absolute Gasteiger partial charge is 0.459 e. The number of aliphatic hydroxyl groups is 2. The molecule has 2 aliphatic heterocycles. The van der Waals surface area contributed by atoms with Crippen molar-refractivity contribution in [1.82, 2.24) is 0 Å². The molecule has 0 aromatic carbocycles. The van der Waals surface area contributed by atoms with E-state index in [-0.39, 0.29) is 24.2 Å². The van der Waals surface area contributed by atoms with Crippen molar-refractivity contribution in [2.24, 2.45) is 23.7 Å². The molecule has 1 saturated carbocycles. The highest BCUT2D eigenvalue weighted by Gasteiger charge is 2.63. The SMILES string of the molecule is C=C1CCC(C(C)C)C2C1C1OC2C(C)(OC(=O)CCC)CCC(OC(C)=O)C(C)(O)C1O. The Labute approximate surface area is 197 Å². The van der Waals surface area contributed by atoms with Crippen molar-refractivity contribution in [1.29, 1.82) is 0 Å². The molecule has 9 atom stereocenters. The van der Waals surface area contributed by atoms with Crippen LogP contribution in [-0.4, -0.2) is 57.8 Å². The first-order valence-electron chi connectivity index (χ1n) is 12.5. The first-order valence-corrected chi connectivity index (χ1v) is 12.5. The van der Waals surface area contributed by atoms with Crippen LogP contribution in [0, 0.1) is 23.7 Å². The average molecular weight is 467 g/mol. The summed E-state index contributed by atoms with van der Waals surface area (Å²) in [5.74, 6) is -0.331. The summed E-state index contributed by atoms with van der Waals surface area (Å²) in [4.78, 5) is 24.5. The van der Waals surface area contributed by atoms with Gasteiger partial charge in [0, 0.05) is 25.2 Å². The molecule has 0 amide bonds. The number of fused-ring (bicyclic) bond motifs is 5. The van der Waals surface area contributed by atoms with Gasteiger partial charge in [-0.2, -0.15) is 0 Å². The standard InChI is InChI=1S/C26H42O7/c1-8-9-19(28)33-25(6)13-12-18(31-16(5)27)26(7,30)23(29)22-20-15(4)10-11-17(14(2)3)21(20)24(25)32-22/h14,17-18,20-24,29-30H,4,8-13H2,1-3,5-7H3. The lowest BCUT2D eigenvalue weighted by atomic mass is 9.60. The molecule has 33 heavy (non-hydrogen) atoms. The van der Waals surface area contributed by atoms with Gasteiger partial charge in [-0.05, 0) is 57.8 Å². The van der Waals surface area contributed by atoms with Gasteiger partial charge in [-0.25, -0.2) is 0 Å². The minimum absolute atomic E-state index is 0.00593. The third-order valence-electron chi connectivity index (χ3n) is 8.22. The van der Waals surface area contributed by atoms with Gasteiger partial charge in [-0.3, -0.25) is 9.59 Å². The molecule has 0 aromatic heterocycles. The Balaban J connectivity index is 2.12. The first-order chi connectivity index (χ1) is 15.3. The summed E-state index contributed by atoms with van der Waals surface area (Å²) in [6.45, 7) is 15.3. The molecular weight excluding hydrogens is 424 g/mol. The zero-order chi connectivity index (χ0) is 24.7. The number of aliphatic hydroxyl groups excluding tert-OH is 1. The van der Waals surface area contributed by atoms with Gasteiger partial charge in [0.25, 0.3) is 0 Å². The average Bonchev–Trinajstić information content (AvgIpc) is 3.12. The smallest absolute Gasteiger partial charge is 0.306 e. The summed E-state index contributed by atoms with van der Waals surface area (Å²) in [6, 6.07) is 0. The fourth-order valence-corrected chi connectivity index (χ4v) is 6.44. The summed E-state index contributed by atoms with van der Waals surface area (Å²) in [5, 5.41) is 22.9. The molecule has 2 N–H and O–H groups in total. The molecule has 9 unspecified atom stereocenters. The number of hydrogen-bond acceptors (Lipinski definition) is 7. The summed E-state index contributed by atoms with van der Waals surface area (Å²) >= 11 is 0. The van der Waals surface area contributed by atoms with Crippen molar-refractivity contribution in [3.8, 4) is 0 Å². The van der Waals surface area contributed by atoms with Crippen LogP contribution in [-0.2, 0) is 23.8 Å². The van der Waals surface area contributed by atoms with Crippen molar-refractivity contribution in [3.63, 3.8) is 0 Å². The molecule has 2 heterocycles. The molecule has 3 rings (SSSR count). The van der Waals surface area contributed by atoms with Crippen molar-refractivity contribution in [3.05, 3.63) is 12.2 Å². The molecule has 3 fully saturated rings. The zero-order valence-electron chi connectivity index (χ0n) is 21.0. The predicted octanol–water partition coefficient (Wildman–Crippen LogP) is 3.55. The predicted molar refractivity (Wildman–Crippen MR) is 123 cm³/mol. The minimum atomic E-state index is -1.74. The van der Waals surface area contributed by atoms with Crippen molar-refractivity contribution in [2.75, 3.05) is 0 Å². The van der Waals surface area contributed by atoms with Crippen LogP contribution in [0.15, 0.2) is 12.2 Å². The summed E-state index contributed by atoms with van der Waals surface area (Å²) in [7, 11) is 0. The van der Waals surface area contributed by atoms with E-state index in [1.54, 1.807) is 0 Å². The van der Waals surface area contributed by atoms with E-state index in [1.165, 1.54) is 13.8 Å². The number of carbonyl (C=O) groups is 2. The maximum atomic E-state index is 12.7. The maximum Gasteiger partial charge on any atom is 0.306 e. The van der Waals surface area contributed by atoms with Crippen LogP contribution in [0.25, 0.3) is 0 Å². The third-order valence-corrected chi connectivity index (χ3v) is 8.22. The van der Waals surface area contributed by atoms with Crippen LogP contribution in [0.4, 0.5) is 0 Å². The van der Waals surface area contributed by atoms with Gasteiger partial charge in [0.15, 0.2) is 0 Å². The van der Waals surface area contributed by atoms with E-state index in [2.05, 4.69) is 20.4 Å². The zero-order valence-corrected chi connectivity index (χ0v) is 21.0. The van der Waals surface area contributed by atoms with E-state index < -0.39 is 41.6 Å². The van der Waals surface area contributed by atoms with Gasteiger partial charge in [0.1, 0.15) is 29.5 Å². The third kappa shape index (κ3) is 4.87. The Morgan fingerprint density at radius 2 is 1.94 bits per heavy atom. The highest BCUT2D eigenvalue weighted by molar-refractivity contribution is 5.70. The molecule has 188 valence electrons. The van der Waals surface area contributed by atoms with E-state index >= 15 is 0 Å². The van der Waals surface area contributed by atoms with Gasteiger partial charge in [-0.15, -0.1) is 0 Å². The van der Waals surface area contributed by atoms with Crippen LogP contribution in [0.2, 0.25) is 0 Å². The van der Waals surface area contributed by atoms with Gasteiger partial charge in [0.2, 0.25) is 0 Å². The number of esters is 2. The lowest BCUT2D eigenvalue weighted by Gasteiger charge is -2.46. The molecule has 0 radical (unpaired) electrons. The molecule has 0 aromatic rings. The summed E-state index contributed by atoms with van der Waals surface area (Å²) in [5.41, 5.74) is -1.74. The van der Waals surface area contributed by atoms with Crippen LogP contribution in [0.5, 0.6) is 0 Å². The molecular formula is C26H42O7. The fourth-order valence-electron chi connectivity index (χ4n) is 6.44. The topological polar surface area (TPSA) is 102 Å². The van der Waals surface area contributed by atoms with Crippen molar-refractivity contribution >= 4 is 11.9 Å². The van der Waals surface area contributed by atoms with Crippen molar-refractivity contribution < 1.29 is 34.0 Å². The lowest BCUT2D eigenvalue weighted by Crippen LogP contribution is -2.58. The summed E-state index contributed by atoms with van der Waals surface area (Å²) in [6.07, 6.45) is -0.125. The highest BCUT2D eigenvalue weighted by atomic mass is 16.6. The number of hydrogen-bond donors (Lipinski definition) is 2. The maximum absolute atomic E-state index is 12.7. The number of rotatable bonds is 5. The first kappa shape index (κ1) is 26.2. The Hall–Kier alpha value is -1.44. The molecule has 2 bridgehead atoms. The normalized spacial score (nSPS) is 43.3. The van der Waals surface area contributed by atoms with E-state index in [0.717, 1.165) is 18.4 Å². The number of carbonyl (C=O) groups excluding carboxylic acids is 2. The second-order valence-electron chi connectivity index (χ2n) is 11.1. The van der Waals surface area contributed by atoms with E-state index in [1.807, 2.05) is 13.8 Å². The van der Waals surface area contributed by atoms with Crippen LogP contribution in [0.3, 0.4) is 0 Å². The van der Waals surface area contributed by atoms with Gasteiger partial charge in [-0.1, -0.05) is 32.9 Å². The number of ether oxygens (including phenoxy) is 3. The fraction of sp³-hybridized carbons (Fsp3) is 0.846. The Morgan fingerprint density at radius 3 is 2.52 bits per heavy atom. The van der Waals surface area contributed by atoms with Gasteiger partial charge in [0.05, 0.1) is 6.10 Å². The molecule has 1 aliphatic carbocycles. The molecule has 3 aliphatic rings. The molecule has 0 spiro atoms. The van der Waals surface area contributed by atoms with E-state index in [0.29, 0.717) is 31.1 Å². The van der Waals surface area contributed by atoms with Crippen LogP contribution >= 0.6 is 0 Å². The second kappa shape index (κ2) is 9.67. The van der Waals surface area contributed by atoms with E-state index in [4.69, 9.17) is 14.2 Å². The second-order valence-corrected chi connectivity index (χ2v) is 11.1. The highest BCUT2D eigenvalue weighted by Crippen LogP contribution is 2.56. The monoisotopic (exact) mass is 466 g/mol. The molecule has 7 heteroatoms. The van der Waals surface area contributed by atoms with E-state index in [9.17, 15) is 19.8 Å². The van der Waals surface area contributed by atoms with Crippen molar-refractivity contribution in [2.45, 2.75) is 116 Å². The Kier molecular flexibility index (Phi) is 7.67. The summed E-state index contributed by atoms with van der Waals surface area (Å²) < 4.78 is 18.2. The Bertz CT molecular complexity index is 760. The quantitative estimate of drug-likeness (QED) is 0.472. The van der Waals surface area contributed by atoms with Gasteiger partial charge < -0.3 is 24.4 Å². The van der Waals surface area contributed by atoms with Crippen LogP contribution < -0.4 is 0 Å². The molecule has 7 nitrogen and oxygen atoms in total.